The van der Waals surface area contributed by atoms with Crippen LogP contribution in [0.25, 0.3) is 0 Å². The van der Waals surface area contributed by atoms with Crippen molar-refractivity contribution in [2.24, 2.45) is 0 Å². The third-order valence-corrected chi connectivity index (χ3v) is 2.50. The number of aromatic carboxylic acids is 1. The van der Waals surface area contributed by atoms with Gasteiger partial charge in [-0.05, 0) is 11.8 Å². The summed E-state index contributed by atoms with van der Waals surface area (Å²) in [5.74, 6) is -0.163. The fourth-order valence-corrected chi connectivity index (χ4v) is 1.75. The molecular formula is C8H8ClNO2S. The second-order valence-corrected chi connectivity index (χ2v) is 3.93. The van der Waals surface area contributed by atoms with Gasteiger partial charge in [-0.3, -0.25) is 0 Å². The molecule has 0 spiro atoms. The zero-order chi connectivity index (χ0) is 9.84. The average molecular weight is 218 g/mol. The monoisotopic (exact) mass is 217 g/mol. The van der Waals surface area contributed by atoms with Crippen LogP contribution in [0.3, 0.4) is 0 Å². The molecule has 70 valence electrons. The summed E-state index contributed by atoms with van der Waals surface area (Å²) in [5.41, 5.74) is 0.215. The second kappa shape index (κ2) is 4.48. The van der Waals surface area contributed by atoms with E-state index in [1.807, 2.05) is 6.92 Å². The number of hydrogen-bond donors (Lipinski definition) is 1. The number of hydrogen-bond acceptors (Lipinski definition) is 3. The molecular weight excluding hydrogens is 210 g/mol. The predicted octanol–water partition coefficient (Wildman–Crippen LogP) is 2.55. The van der Waals surface area contributed by atoms with E-state index in [2.05, 4.69) is 4.98 Å². The lowest BCUT2D eigenvalue weighted by atomic mass is 10.3. The molecule has 1 aromatic heterocycles. The SMILES string of the molecule is CCSc1cnc(Cl)cc1C(=O)O. The Kier molecular flexibility index (Phi) is 3.57. The van der Waals surface area contributed by atoms with Crippen molar-refractivity contribution in [2.75, 3.05) is 5.75 Å². The number of carbonyl (C=O) groups is 1. The third kappa shape index (κ3) is 2.60. The van der Waals surface area contributed by atoms with Gasteiger partial charge in [-0.1, -0.05) is 18.5 Å². The Balaban J connectivity index is 3.10. The van der Waals surface area contributed by atoms with Gasteiger partial charge in [0.1, 0.15) is 5.15 Å². The van der Waals surface area contributed by atoms with E-state index < -0.39 is 5.97 Å². The first-order valence-electron chi connectivity index (χ1n) is 3.66. The van der Waals surface area contributed by atoms with Gasteiger partial charge in [-0.2, -0.15) is 0 Å². The second-order valence-electron chi connectivity index (χ2n) is 2.24. The number of nitrogens with zero attached hydrogens (tertiary/aromatic N) is 1. The highest BCUT2D eigenvalue weighted by atomic mass is 35.5. The molecule has 1 N–H and O–H groups in total. The first kappa shape index (κ1) is 10.3. The maximum absolute atomic E-state index is 10.7. The Morgan fingerprint density at radius 1 is 1.77 bits per heavy atom. The van der Waals surface area contributed by atoms with Crippen molar-refractivity contribution in [1.29, 1.82) is 0 Å². The Morgan fingerprint density at radius 2 is 2.46 bits per heavy atom. The smallest absolute Gasteiger partial charge is 0.336 e. The fraction of sp³-hybridized carbons (Fsp3) is 0.250. The number of aromatic nitrogens is 1. The van der Waals surface area contributed by atoms with Crippen LogP contribution in [0.4, 0.5) is 0 Å². The van der Waals surface area contributed by atoms with E-state index in [1.165, 1.54) is 24.0 Å². The van der Waals surface area contributed by atoms with Crippen molar-refractivity contribution in [3.05, 3.63) is 23.0 Å². The molecule has 0 fully saturated rings. The van der Waals surface area contributed by atoms with Gasteiger partial charge in [0.25, 0.3) is 0 Å². The lowest BCUT2D eigenvalue weighted by molar-refractivity contribution is 0.0693. The van der Waals surface area contributed by atoms with E-state index in [9.17, 15) is 4.79 Å². The summed E-state index contributed by atoms with van der Waals surface area (Å²) in [6, 6.07) is 1.36. The van der Waals surface area contributed by atoms with E-state index in [-0.39, 0.29) is 10.7 Å². The molecule has 0 amide bonds. The largest absolute Gasteiger partial charge is 0.478 e. The van der Waals surface area contributed by atoms with Crippen LogP contribution in [0.15, 0.2) is 17.2 Å². The number of thioether (sulfide) groups is 1. The maximum atomic E-state index is 10.7. The minimum Gasteiger partial charge on any atom is -0.478 e. The van der Waals surface area contributed by atoms with Gasteiger partial charge in [0.15, 0.2) is 0 Å². The van der Waals surface area contributed by atoms with Crippen LogP contribution in [0.2, 0.25) is 5.15 Å². The molecule has 0 bridgehead atoms. The molecule has 5 heteroatoms. The average Bonchev–Trinajstić information content (AvgIpc) is 2.08. The normalized spacial score (nSPS) is 10.0. The minimum atomic E-state index is -0.972. The van der Waals surface area contributed by atoms with Crippen LogP contribution in [-0.2, 0) is 0 Å². The molecule has 3 nitrogen and oxygen atoms in total. The topological polar surface area (TPSA) is 50.2 Å². The summed E-state index contributed by atoms with van der Waals surface area (Å²) in [6.45, 7) is 1.95. The van der Waals surface area contributed by atoms with Crippen LogP contribution in [0, 0.1) is 0 Å². The van der Waals surface area contributed by atoms with Gasteiger partial charge < -0.3 is 5.11 Å². The van der Waals surface area contributed by atoms with Gasteiger partial charge in [-0.25, -0.2) is 9.78 Å². The van der Waals surface area contributed by atoms with Crippen LogP contribution in [0.1, 0.15) is 17.3 Å². The number of rotatable bonds is 3. The molecule has 1 heterocycles. The lowest BCUT2D eigenvalue weighted by Crippen LogP contribution is -1.99. The lowest BCUT2D eigenvalue weighted by Gasteiger charge is -2.02. The fourth-order valence-electron chi connectivity index (χ4n) is 0.855. The van der Waals surface area contributed by atoms with Crippen LogP contribution in [0.5, 0.6) is 0 Å². The molecule has 0 saturated carbocycles. The summed E-state index contributed by atoms with van der Waals surface area (Å²) < 4.78 is 0. The van der Waals surface area contributed by atoms with Crippen LogP contribution >= 0.6 is 23.4 Å². The quantitative estimate of drug-likeness (QED) is 0.625. The standard InChI is InChI=1S/C8H8ClNO2S/c1-2-13-6-4-10-7(9)3-5(6)8(11)12/h3-4H,2H2,1H3,(H,11,12). The zero-order valence-corrected chi connectivity index (χ0v) is 8.52. The molecule has 0 aliphatic rings. The highest BCUT2D eigenvalue weighted by Crippen LogP contribution is 2.23. The first-order valence-corrected chi connectivity index (χ1v) is 5.03. The van der Waals surface area contributed by atoms with E-state index in [1.54, 1.807) is 0 Å². The maximum Gasteiger partial charge on any atom is 0.336 e. The number of pyridine rings is 1. The summed E-state index contributed by atoms with van der Waals surface area (Å²) in [7, 11) is 0. The predicted molar refractivity (Wildman–Crippen MR) is 52.6 cm³/mol. The van der Waals surface area contributed by atoms with Crippen molar-refractivity contribution >= 4 is 29.3 Å². The molecule has 0 aromatic carbocycles. The molecule has 0 radical (unpaired) electrons. The van der Waals surface area contributed by atoms with E-state index in [4.69, 9.17) is 16.7 Å². The van der Waals surface area contributed by atoms with Crippen molar-refractivity contribution in [3.8, 4) is 0 Å². The van der Waals surface area contributed by atoms with Gasteiger partial charge in [0.2, 0.25) is 0 Å². The Bertz CT molecular complexity index is 330. The summed E-state index contributed by atoms with van der Waals surface area (Å²) in [5, 5.41) is 9.02. The Labute approximate surface area is 85.1 Å². The van der Waals surface area contributed by atoms with Gasteiger partial charge in [0.05, 0.1) is 5.56 Å². The van der Waals surface area contributed by atoms with Crippen LogP contribution in [-0.4, -0.2) is 21.8 Å². The number of carboxylic acids is 1. The third-order valence-electron chi connectivity index (χ3n) is 1.36. The summed E-state index contributed by atoms with van der Waals surface area (Å²) >= 11 is 7.01. The van der Waals surface area contributed by atoms with Crippen molar-refractivity contribution < 1.29 is 9.90 Å². The molecule has 0 aliphatic heterocycles. The van der Waals surface area contributed by atoms with Crippen LogP contribution < -0.4 is 0 Å². The van der Waals surface area contributed by atoms with E-state index in [0.717, 1.165) is 5.75 Å². The van der Waals surface area contributed by atoms with Gasteiger partial charge in [0, 0.05) is 11.1 Å². The van der Waals surface area contributed by atoms with Crippen molar-refractivity contribution in [1.82, 2.24) is 4.98 Å². The van der Waals surface area contributed by atoms with Crippen molar-refractivity contribution in [3.63, 3.8) is 0 Å². The highest BCUT2D eigenvalue weighted by molar-refractivity contribution is 7.99. The summed E-state index contributed by atoms with van der Waals surface area (Å²) in [6.07, 6.45) is 1.49. The van der Waals surface area contributed by atoms with Crippen molar-refractivity contribution in [2.45, 2.75) is 11.8 Å². The number of halogens is 1. The molecule has 1 rings (SSSR count). The van der Waals surface area contributed by atoms with E-state index in [0.29, 0.717) is 4.90 Å². The summed E-state index contributed by atoms with van der Waals surface area (Å²) in [4.78, 5) is 15.2. The molecule has 0 aliphatic carbocycles. The first-order chi connectivity index (χ1) is 6.15. The minimum absolute atomic E-state index is 0.206. The molecule has 1 aromatic rings. The molecule has 0 atom stereocenters. The Morgan fingerprint density at radius 3 is 3.00 bits per heavy atom. The van der Waals surface area contributed by atoms with Gasteiger partial charge in [-0.15, -0.1) is 11.8 Å². The molecule has 0 saturated heterocycles. The van der Waals surface area contributed by atoms with E-state index >= 15 is 0 Å². The highest BCUT2D eigenvalue weighted by Gasteiger charge is 2.10. The number of carboxylic acid groups (broad SMARTS) is 1. The Hall–Kier alpha value is -0.740. The zero-order valence-electron chi connectivity index (χ0n) is 6.95. The molecule has 0 unspecified atom stereocenters. The molecule has 13 heavy (non-hydrogen) atoms. The van der Waals surface area contributed by atoms with Gasteiger partial charge >= 0.3 is 5.97 Å².